The molecule has 0 aromatic rings. The second kappa shape index (κ2) is 12.5. The predicted octanol–water partition coefficient (Wildman–Crippen LogP) is 1.31. The summed E-state index contributed by atoms with van der Waals surface area (Å²) in [7, 11) is 1.68. The van der Waals surface area contributed by atoms with Crippen LogP contribution in [0.2, 0.25) is 0 Å². The lowest BCUT2D eigenvalue weighted by atomic mass is 10.1. The van der Waals surface area contributed by atoms with Crippen molar-refractivity contribution >= 4 is 5.91 Å². The van der Waals surface area contributed by atoms with Crippen LogP contribution in [0.25, 0.3) is 0 Å². The Morgan fingerprint density at radius 1 is 1.12 bits per heavy atom. The van der Waals surface area contributed by atoms with E-state index >= 15 is 0 Å². The first-order valence-electron chi connectivity index (χ1n) is 6.27. The third kappa shape index (κ3) is 11.5. The molecule has 1 amide bonds. The van der Waals surface area contributed by atoms with Gasteiger partial charge in [-0.15, -0.1) is 0 Å². The first kappa shape index (κ1) is 15.4. The van der Waals surface area contributed by atoms with Crippen LogP contribution < -0.4 is 10.6 Å². The Morgan fingerprint density at radius 2 is 1.94 bits per heavy atom. The summed E-state index contributed by atoms with van der Waals surface area (Å²) in [6.07, 6.45) is 5.28. The molecule has 0 saturated carbocycles. The van der Waals surface area contributed by atoms with Crippen LogP contribution in [-0.2, 0) is 9.53 Å². The van der Waals surface area contributed by atoms with Gasteiger partial charge in [0.15, 0.2) is 0 Å². The molecular weight excluding hydrogens is 204 g/mol. The van der Waals surface area contributed by atoms with E-state index in [2.05, 4.69) is 17.6 Å². The summed E-state index contributed by atoms with van der Waals surface area (Å²) in [6.45, 7) is 5.24. The van der Waals surface area contributed by atoms with Crippen molar-refractivity contribution in [3.8, 4) is 0 Å². The Kier molecular flexibility index (Phi) is 12.0. The van der Waals surface area contributed by atoms with Gasteiger partial charge < -0.3 is 15.4 Å². The van der Waals surface area contributed by atoms with Crippen molar-refractivity contribution in [3.63, 3.8) is 0 Å². The van der Waals surface area contributed by atoms with Crippen molar-refractivity contribution in [2.24, 2.45) is 0 Å². The maximum absolute atomic E-state index is 11.3. The molecule has 4 nitrogen and oxygen atoms in total. The van der Waals surface area contributed by atoms with Gasteiger partial charge in [-0.2, -0.15) is 0 Å². The van der Waals surface area contributed by atoms with Gasteiger partial charge in [-0.05, 0) is 6.42 Å². The van der Waals surface area contributed by atoms with Crippen molar-refractivity contribution in [1.29, 1.82) is 0 Å². The number of ether oxygens (including phenoxy) is 1. The van der Waals surface area contributed by atoms with E-state index in [4.69, 9.17) is 4.74 Å². The number of amides is 1. The van der Waals surface area contributed by atoms with Crippen LogP contribution >= 0.6 is 0 Å². The second-order valence-electron chi connectivity index (χ2n) is 3.90. The largest absolute Gasteiger partial charge is 0.383 e. The van der Waals surface area contributed by atoms with Crippen molar-refractivity contribution in [3.05, 3.63) is 0 Å². The van der Waals surface area contributed by atoms with Crippen molar-refractivity contribution in [2.75, 3.05) is 33.4 Å². The van der Waals surface area contributed by atoms with Crippen LogP contribution in [0.5, 0.6) is 0 Å². The predicted molar refractivity (Wildman–Crippen MR) is 66.5 cm³/mol. The number of unbranched alkanes of at least 4 members (excludes halogenated alkanes) is 3. The fraction of sp³-hybridized carbons (Fsp3) is 0.917. The second-order valence-corrected chi connectivity index (χ2v) is 3.90. The normalized spacial score (nSPS) is 10.4. The van der Waals surface area contributed by atoms with Crippen LogP contribution in [0.3, 0.4) is 0 Å². The summed E-state index contributed by atoms with van der Waals surface area (Å²) in [5.41, 5.74) is 0. The van der Waals surface area contributed by atoms with E-state index in [1.807, 2.05) is 0 Å². The summed E-state index contributed by atoms with van der Waals surface area (Å²) < 4.78 is 4.90. The molecular formula is C12H26N2O2. The number of hydrogen-bond donors (Lipinski definition) is 2. The topological polar surface area (TPSA) is 50.4 Å². The molecule has 0 saturated heterocycles. The average molecular weight is 230 g/mol. The summed E-state index contributed by atoms with van der Waals surface area (Å²) in [4.78, 5) is 11.3. The third-order valence-electron chi connectivity index (χ3n) is 2.36. The molecule has 0 spiro atoms. The van der Waals surface area contributed by atoms with Crippen molar-refractivity contribution < 1.29 is 9.53 Å². The molecule has 0 aromatic carbocycles. The highest BCUT2D eigenvalue weighted by atomic mass is 16.5. The van der Waals surface area contributed by atoms with Crippen molar-refractivity contribution in [2.45, 2.75) is 39.0 Å². The molecule has 0 aliphatic rings. The number of methoxy groups -OCH3 is 1. The molecule has 0 unspecified atom stereocenters. The van der Waals surface area contributed by atoms with Gasteiger partial charge in [0.25, 0.3) is 0 Å². The lowest BCUT2D eigenvalue weighted by Gasteiger charge is -2.06. The fourth-order valence-electron chi connectivity index (χ4n) is 1.39. The van der Waals surface area contributed by atoms with Gasteiger partial charge >= 0.3 is 0 Å². The Balaban J connectivity index is 3.11. The highest BCUT2D eigenvalue weighted by Crippen LogP contribution is 2.01. The molecule has 2 N–H and O–H groups in total. The monoisotopic (exact) mass is 230 g/mol. The number of hydrogen-bond acceptors (Lipinski definition) is 3. The lowest BCUT2D eigenvalue weighted by Crippen LogP contribution is -2.32. The van der Waals surface area contributed by atoms with Crippen molar-refractivity contribution in [1.82, 2.24) is 10.6 Å². The maximum atomic E-state index is 11.3. The van der Waals surface area contributed by atoms with Gasteiger partial charge in [-0.25, -0.2) is 0 Å². The van der Waals surface area contributed by atoms with E-state index in [1.165, 1.54) is 12.8 Å². The third-order valence-corrected chi connectivity index (χ3v) is 2.36. The number of carbonyl (C=O) groups excluding carboxylic acids is 1. The first-order chi connectivity index (χ1) is 7.81. The van der Waals surface area contributed by atoms with Crippen LogP contribution in [0.1, 0.15) is 39.0 Å². The van der Waals surface area contributed by atoms with Crippen LogP contribution in [0, 0.1) is 0 Å². The van der Waals surface area contributed by atoms with Gasteiger partial charge in [0.1, 0.15) is 0 Å². The molecule has 0 aliphatic carbocycles. The molecule has 0 fully saturated rings. The van der Waals surface area contributed by atoms with E-state index < -0.39 is 0 Å². The number of rotatable bonds is 11. The minimum Gasteiger partial charge on any atom is -0.383 e. The quantitative estimate of drug-likeness (QED) is 0.526. The zero-order chi connectivity index (χ0) is 12.1. The van der Waals surface area contributed by atoms with Crippen LogP contribution in [-0.4, -0.2) is 39.3 Å². The maximum Gasteiger partial charge on any atom is 0.220 e. The number of nitrogens with one attached hydrogen (secondary N) is 2. The lowest BCUT2D eigenvalue weighted by molar-refractivity contribution is -0.121. The summed E-state index contributed by atoms with van der Waals surface area (Å²) >= 11 is 0. The standard InChI is InChI=1S/C12H26N2O2/c1-3-4-5-6-7-12(15)14-9-8-13-10-11-16-2/h13H,3-11H2,1-2H3,(H,14,15). The Bertz CT molecular complexity index is 163. The minimum atomic E-state index is 0.171. The van der Waals surface area contributed by atoms with Gasteiger partial charge in [0, 0.05) is 33.2 Å². The van der Waals surface area contributed by atoms with Crippen LogP contribution in [0.4, 0.5) is 0 Å². The number of carbonyl (C=O) groups is 1. The van der Waals surface area contributed by atoms with E-state index in [0.29, 0.717) is 19.6 Å². The highest BCUT2D eigenvalue weighted by molar-refractivity contribution is 5.75. The molecule has 0 heterocycles. The first-order valence-corrected chi connectivity index (χ1v) is 6.27. The summed E-state index contributed by atoms with van der Waals surface area (Å²) in [6, 6.07) is 0. The Hall–Kier alpha value is -0.610. The molecule has 96 valence electrons. The molecule has 0 atom stereocenters. The van der Waals surface area contributed by atoms with E-state index in [9.17, 15) is 4.79 Å². The molecule has 0 radical (unpaired) electrons. The van der Waals surface area contributed by atoms with Gasteiger partial charge in [-0.3, -0.25) is 4.79 Å². The van der Waals surface area contributed by atoms with Gasteiger partial charge in [0.2, 0.25) is 5.91 Å². The SMILES string of the molecule is CCCCCCC(=O)NCCNCCOC. The summed E-state index contributed by atoms with van der Waals surface area (Å²) in [5.74, 6) is 0.171. The Morgan fingerprint density at radius 3 is 2.62 bits per heavy atom. The Labute approximate surface area is 99.1 Å². The fourth-order valence-corrected chi connectivity index (χ4v) is 1.39. The smallest absolute Gasteiger partial charge is 0.220 e. The molecule has 0 bridgehead atoms. The molecule has 0 aliphatic heterocycles. The molecule has 16 heavy (non-hydrogen) atoms. The summed E-state index contributed by atoms with van der Waals surface area (Å²) in [5, 5.41) is 6.07. The van der Waals surface area contributed by atoms with E-state index in [1.54, 1.807) is 7.11 Å². The highest BCUT2D eigenvalue weighted by Gasteiger charge is 1.99. The molecule has 0 rings (SSSR count). The van der Waals surface area contributed by atoms with Gasteiger partial charge in [0.05, 0.1) is 6.61 Å². The average Bonchev–Trinajstić information content (AvgIpc) is 2.29. The van der Waals surface area contributed by atoms with Gasteiger partial charge in [-0.1, -0.05) is 26.2 Å². The minimum absolute atomic E-state index is 0.171. The van der Waals surface area contributed by atoms with E-state index in [-0.39, 0.29) is 5.91 Å². The van der Waals surface area contributed by atoms with Crippen LogP contribution in [0.15, 0.2) is 0 Å². The van der Waals surface area contributed by atoms with E-state index in [0.717, 1.165) is 25.9 Å². The molecule has 0 aromatic heterocycles. The zero-order valence-electron chi connectivity index (χ0n) is 10.7. The molecule has 4 heteroatoms. The zero-order valence-corrected chi connectivity index (χ0v) is 10.7.